The number of carbonyl (C=O) groups is 2. The SMILES string of the molecule is CCOC(=O)CCCNC(=O)CSc1nnc(CN2CCCCC2)n1-c1ccccc1. The summed E-state index contributed by atoms with van der Waals surface area (Å²) in [5.74, 6) is 0.816. The van der Waals surface area contributed by atoms with Gasteiger partial charge >= 0.3 is 5.97 Å². The van der Waals surface area contributed by atoms with Gasteiger partial charge in [-0.25, -0.2) is 0 Å². The summed E-state index contributed by atoms with van der Waals surface area (Å²) in [5.41, 5.74) is 0.997. The zero-order valence-electron chi connectivity index (χ0n) is 18.1. The number of ether oxygens (including phenoxy) is 1. The molecule has 0 aliphatic carbocycles. The Labute approximate surface area is 187 Å². The van der Waals surface area contributed by atoms with Gasteiger partial charge < -0.3 is 10.1 Å². The van der Waals surface area contributed by atoms with E-state index >= 15 is 0 Å². The maximum Gasteiger partial charge on any atom is 0.305 e. The van der Waals surface area contributed by atoms with Crippen molar-refractivity contribution >= 4 is 23.6 Å². The predicted octanol–water partition coefficient (Wildman–Crippen LogP) is 2.80. The van der Waals surface area contributed by atoms with Crippen molar-refractivity contribution in [1.82, 2.24) is 25.0 Å². The topological polar surface area (TPSA) is 89.3 Å². The summed E-state index contributed by atoms with van der Waals surface area (Å²) in [6, 6.07) is 10.0. The number of thioether (sulfide) groups is 1. The first-order valence-electron chi connectivity index (χ1n) is 10.9. The number of nitrogens with zero attached hydrogens (tertiary/aromatic N) is 4. The van der Waals surface area contributed by atoms with Crippen LogP contribution in [0.2, 0.25) is 0 Å². The molecule has 0 bridgehead atoms. The Morgan fingerprint density at radius 2 is 1.90 bits per heavy atom. The third kappa shape index (κ3) is 7.36. The highest BCUT2D eigenvalue weighted by molar-refractivity contribution is 7.99. The Bertz CT molecular complexity index is 837. The van der Waals surface area contributed by atoms with Gasteiger partial charge in [-0.05, 0) is 51.4 Å². The Balaban J connectivity index is 1.57. The van der Waals surface area contributed by atoms with Crippen LogP contribution in [0, 0.1) is 0 Å². The number of nitrogens with one attached hydrogen (secondary N) is 1. The number of hydrogen-bond acceptors (Lipinski definition) is 7. The van der Waals surface area contributed by atoms with E-state index in [9.17, 15) is 9.59 Å². The molecule has 1 aromatic heterocycles. The third-order valence-electron chi connectivity index (χ3n) is 5.05. The monoisotopic (exact) mass is 445 g/mol. The van der Waals surface area contributed by atoms with E-state index < -0.39 is 0 Å². The van der Waals surface area contributed by atoms with Crippen LogP contribution >= 0.6 is 11.8 Å². The van der Waals surface area contributed by atoms with Crippen LogP contribution in [0.15, 0.2) is 35.5 Å². The van der Waals surface area contributed by atoms with Crippen molar-refractivity contribution < 1.29 is 14.3 Å². The molecule has 1 aliphatic heterocycles. The van der Waals surface area contributed by atoms with Crippen LogP contribution in [0.4, 0.5) is 0 Å². The average molecular weight is 446 g/mol. The normalized spacial score (nSPS) is 14.4. The van der Waals surface area contributed by atoms with Crippen LogP contribution in [-0.4, -0.2) is 63.5 Å². The zero-order chi connectivity index (χ0) is 21.9. The van der Waals surface area contributed by atoms with Crippen molar-refractivity contribution in [2.45, 2.75) is 50.7 Å². The van der Waals surface area contributed by atoms with Crippen molar-refractivity contribution in [3.8, 4) is 5.69 Å². The lowest BCUT2D eigenvalue weighted by Gasteiger charge is -2.26. The highest BCUT2D eigenvalue weighted by atomic mass is 32.2. The second kappa shape index (κ2) is 12.5. The van der Waals surface area contributed by atoms with Crippen molar-refractivity contribution in [2.75, 3.05) is 32.0 Å². The molecule has 0 spiro atoms. The molecule has 1 saturated heterocycles. The van der Waals surface area contributed by atoms with Crippen molar-refractivity contribution in [1.29, 1.82) is 0 Å². The smallest absolute Gasteiger partial charge is 0.305 e. The Morgan fingerprint density at radius 1 is 1.13 bits per heavy atom. The summed E-state index contributed by atoms with van der Waals surface area (Å²) in [6.45, 7) is 5.52. The summed E-state index contributed by atoms with van der Waals surface area (Å²) in [5, 5.41) is 12.4. The van der Waals surface area contributed by atoms with E-state index in [1.54, 1.807) is 6.92 Å². The maximum atomic E-state index is 12.2. The second-order valence-corrected chi connectivity index (χ2v) is 8.40. The molecule has 3 rings (SSSR count). The Morgan fingerprint density at radius 3 is 2.65 bits per heavy atom. The molecule has 1 amide bonds. The summed E-state index contributed by atoms with van der Waals surface area (Å²) in [7, 11) is 0. The van der Waals surface area contributed by atoms with E-state index in [0.717, 1.165) is 31.1 Å². The largest absolute Gasteiger partial charge is 0.466 e. The van der Waals surface area contributed by atoms with E-state index in [2.05, 4.69) is 20.4 Å². The van der Waals surface area contributed by atoms with Gasteiger partial charge in [-0.15, -0.1) is 10.2 Å². The molecule has 9 heteroatoms. The molecular formula is C22H31N5O3S. The lowest BCUT2D eigenvalue weighted by atomic mass is 10.1. The van der Waals surface area contributed by atoms with Crippen LogP contribution in [0.1, 0.15) is 44.9 Å². The molecule has 0 saturated carbocycles. The third-order valence-corrected chi connectivity index (χ3v) is 5.97. The van der Waals surface area contributed by atoms with Crippen molar-refractivity contribution in [3.05, 3.63) is 36.2 Å². The lowest BCUT2D eigenvalue weighted by molar-refractivity contribution is -0.143. The van der Waals surface area contributed by atoms with E-state index in [1.807, 2.05) is 34.9 Å². The number of amides is 1. The Kier molecular flexibility index (Phi) is 9.36. The molecule has 31 heavy (non-hydrogen) atoms. The summed E-state index contributed by atoms with van der Waals surface area (Å²) in [6.07, 6.45) is 4.60. The van der Waals surface area contributed by atoms with Crippen LogP contribution in [0.25, 0.3) is 5.69 Å². The van der Waals surface area contributed by atoms with Crippen molar-refractivity contribution in [2.24, 2.45) is 0 Å². The molecule has 168 valence electrons. The fourth-order valence-electron chi connectivity index (χ4n) is 3.52. The van der Waals surface area contributed by atoms with Gasteiger partial charge in [0.15, 0.2) is 11.0 Å². The number of rotatable bonds is 11. The molecular weight excluding hydrogens is 414 g/mol. The Hall–Kier alpha value is -2.39. The minimum absolute atomic E-state index is 0.0888. The quantitative estimate of drug-likeness (QED) is 0.323. The van der Waals surface area contributed by atoms with Gasteiger partial charge in [0.1, 0.15) is 0 Å². The van der Waals surface area contributed by atoms with E-state index in [1.165, 1.54) is 31.0 Å². The first-order chi connectivity index (χ1) is 15.2. The summed E-state index contributed by atoms with van der Waals surface area (Å²) < 4.78 is 6.94. The molecule has 1 N–H and O–H groups in total. The number of carbonyl (C=O) groups excluding carboxylic acids is 2. The lowest BCUT2D eigenvalue weighted by Crippen LogP contribution is -2.30. The van der Waals surface area contributed by atoms with Crippen LogP contribution in [-0.2, 0) is 20.9 Å². The first-order valence-corrected chi connectivity index (χ1v) is 11.9. The molecule has 0 atom stereocenters. The molecule has 1 fully saturated rings. The number of hydrogen-bond donors (Lipinski definition) is 1. The number of para-hydroxylation sites is 1. The first kappa shape index (κ1) is 23.3. The van der Waals surface area contributed by atoms with E-state index in [4.69, 9.17) is 4.74 Å². The second-order valence-electron chi connectivity index (χ2n) is 7.45. The fourth-order valence-corrected chi connectivity index (χ4v) is 4.33. The molecule has 2 heterocycles. The van der Waals surface area contributed by atoms with Crippen LogP contribution in [0.3, 0.4) is 0 Å². The molecule has 8 nitrogen and oxygen atoms in total. The number of aromatic nitrogens is 3. The molecule has 0 unspecified atom stereocenters. The molecule has 1 aliphatic rings. The van der Waals surface area contributed by atoms with Gasteiger partial charge in [-0.2, -0.15) is 0 Å². The molecule has 2 aromatic rings. The van der Waals surface area contributed by atoms with Crippen molar-refractivity contribution in [3.63, 3.8) is 0 Å². The fraction of sp³-hybridized carbons (Fsp3) is 0.545. The van der Waals surface area contributed by atoms with E-state index in [0.29, 0.717) is 31.1 Å². The highest BCUT2D eigenvalue weighted by Crippen LogP contribution is 2.23. The number of piperidine rings is 1. The summed E-state index contributed by atoms with van der Waals surface area (Å²) >= 11 is 1.37. The minimum Gasteiger partial charge on any atom is -0.466 e. The number of esters is 1. The molecule has 0 radical (unpaired) electrons. The van der Waals surface area contributed by atoms with Crippen LogP contribution < -0.4 is 5.32 Å². The van der Waals surface area contributed by atoms with Gasteiger partial charge in [0.2, 0.25) is 5.91 Å². The van der Waals surface area contributed by atoms with Gasteiger partial charge in [0.25, 0.3) is 0 Å². The average Bonchev–Trinajstić information content (AvgIpc) is 3.19. The molecule has 1 aromatic carbocycles. The van der Waals surface area contributed by atoms with Crippen LogP contribution in [0.5, 0.6) is 0 Å². The maximum absolute atomic E-state index is 12.2. The predicted molar refractivity (Wildman–Crippen MR) is 120 cm³/mol. The summed E-state index contributed by atoms with van der Waals surface area (Å²) in [4.78, 5) is 26.0. The van der Waals surface area contributed by atoms with E-state index in [-0.39, 0.29) is 17.6 Å². The number of benzene rings is 1. The minimum atomic E-state index is -0.233. The number of likely N-dealkylation sites (tertiary alicyclic amines) is 1. The van der Waals surface area contributed by atoms with Gasteiger partial charge in [0.05, 0.1) is 18.9 Å². The highest BCUT2D eigenvalue weighted by Gasteiger charge is 2.19. The zero-order valence-corrected chi connectivity index (χ0v) is 18.9. The standard InChI is InChI=1S/C22H31N5O3S/c1-2-30-21(29)12-9-13-23-20(28)17-31-22-25-24-19(16-26-14-7-4-8-15-26)27(22)18-10-5-3-6-11-18/h3,5-6,10-11H,2,4,7-9,12-17H2,1H3,(H,23,28). The van der Waals surface area contributed by atoms with Gasteiger partial charge in [0, 0.05) is 18.7 Å². The van der Waals surface area contributed by atoms with Gasteiger partial charge in [-0.3, -0.25) is 19.1 Å². The van der Waals surface area contributed by atoms with Gasteiger partial charge in [-0.1, -0.05) is 36.4 Å².